The zero-order chi connectivity index (χ0) is 20.5. The first-order valence-corrected chi connectivity index (χ1v) is 9.44. The molecule has 0 aliphatic rings. The number of ether oxygens (including phenoxy) is 1. The lowest BCUT2D eigenvalue weighted by molar-refractivity contribution is -0.152. The standard InChI is InChI=1S/C20H20ClN5O3/c21-17-8-4-7-16(11-17)9-10-22-19(27)13-29-20(28)18(26-14-23-24-25-26)12-15-5-2-1-3-6-15/h1-8,11,14,18H,9-10,12-13H2,(H,22,27)/t18-/m0/s1. The van der Waals surface area contributed by atoms with Crippen LogP contribution in [0.1, 0.15) is 17.2 Å². The Hall–Kier alpha value is -3.26. The highest BCUT2D eigenvalue weighted by atomic mass is 35.5. The molecule has 0 saturated carbocycles. The fourth-order valence-electron chi connectivity index (χ4n) is 2.76. The number of carbonyl (C=O) groups excluding carboxylic acids is 2. The third kappa shape index (κ3) is 6.39. The van der Waals surface area contributed by atoms with Crippen LogP contribution >= 0.6 is 11.6 Å². The lowest BCUT2D eigenvalue weighted by atomic mass is 10.1. The molecule has 1 N–H and O–H groups in total. The Morgan fingerprint density at radius 1 is 1.10 bits per heavy atom. The second kappa shape index (κ2) is 10.3. The van der Waals surface area contributed by atoms with E-state index in [0.717, 1.165) is 11.1 Å². The number of amides is 1. The van der Waals surface area contributed by atoms with Crippen LogP contribution in [-0.4, -0.2) is 45.2 Å². The summed E-state index contributed by atoms with van der Waals surface area (Å²) >= 11 is 5.94. The van der Waals surface area contributed by atoms with Crippen LogP contribution in [0.4, 0.5) is 0 Å². The highest BCUT2D eigenvalue weighted by Gasteiger charge is 2.24. The molecule has 1 heterocycles. The van der Waals surface area contributed by atoms with Crippen molar-refractivity contribution in [1.29, 1.82) is 0 Å². The van der Waals surface area contributed by atoms with E-state index < -0.39 is 12.0 Å². The molecular formula is C20H20ClN5O3. The normalized spacial score (nSPS) is 11.6. The first-order valence-electron chi connectivity index (χ1n) is 9.06. The van der Waals surface area contributed by atoms with Gasteiger partial charge in [-0.3, -0.25) is 4.79 Å². The molecule has 9 heteroatoms. The van der Waals surface area contributed by atoms with Gasteiger partial charge in [0.1, 0.15) is 6.33 Å². The smallest absolute Gasteiger partial charge is 0.331 e. The van der Waals surface area contributed by atoms with E-state index in [0.29, 0.717) is 24.4 Å². The number of hydrogen-bond acceptors (Lipinski definition) is 6. The van der Waals surface area contributed by atoms with Crippen LogP contribution in [0, 0.1) is 0 Å². The van der Waals surface area contributed by atoms with Crippen molar-refractivity contribution in [3.05, 3.63) is 77.1 Å². The third-order valence-electron chi connectivity index (χ3n) is 4.20. The maximum Gasteiger partial charge on any atom is 0.331 e. The molecule has 3 aromatic rings. The van der Waals surface area contributed by atoms with Gasteiger partial charge in [-0.1, -0.05) is 54.1 Å². The van der Waals surface area contributed by atoms with Crippen molar-refractivity contribution in [1.82, 2.24) is 25.5 Å². The van der Waals surface area contributed by atoms with Crippen molar-refractivity contribution in [3.8, 4) is 0 Å². The Bertz CT molecular complexity index is 934. The molecule has 1 aromatic heterocycles. The highest BCUT2D eigenvalue weighted by molar-refractivity contribution is 6.30. The molecule has 0 radical (unpaired) electrons. The van der Waals surface area contributed by atoms with Gasteiger partial charge in [0.25, 0.3) is 5.91 Å². The van der Waals surface area contributed by atoms with E-state index >= 15 is 0 Å². The van der Waals surface area contributed by atoms with Gasteiger partial charge < -0.3 is 10.1 Å². The third-order valence-corrected chi connectivity index (χ3v) is 4.43. The van der Waals surface area contributed by atoms with Crippen LogP contribution in [0.25, 0.3) is 0 Å². The minimum Gasteiger partial charge on any atom is -0.454 e. The minimum atomic E-state index is -0.758. The summed E-state index contributed by atoms with van der Waals surface area (Å²) in [7, 11) is 0. The predicted molar refractivity (Wildman–Crippen MR) is 106 cm³/mol. The summed E-state index contributed by atoms with van der Waals surface area (Å²) in [5.74, 6) is -0.957. The zero-order valence-corrected chi connectivity index (χ0v) is 16.3. The number of esters is 1. The largest absolute Gasteiger partial charge is 0.454 e. The van der Waals surface area contributed by atoms with Crippen molar-refractivity contribution in [3.63, 3.8) is 0 Å². The van der Waals surface area contributed by atoms with Crippen LogP contribution in [-0.2, 0) is 27.2 Å². The van der Waals surface area contributed by atoms with Gasteiger partial charge in [0.15, 0.2) is 12.6 Å². The molecular weight excluding hydrogens is 394 g/mol. The maximum absolute atomic E-state index is 12.5. The van der Waals surface area contributed by atoms with Gasteiger partial charge in [-0.15, -0.1) is 5.10 Å². The quantitative estimate of drug-likeness (QED) is 0.539. The molecule has 29 heavy (non-hydrogen) atoms. The van der Waals surface area contributed by atoms with Crippen molar-refractivity contribution in [2.24, 2.45) is 0 Å². The molecule has 3 rings (SSSR count). The molecule has 0 aliphatic carbocycles. The first-order chi connectivity index (χ1) is 14.1. The Morgan fingerprint density at radius 2 is 1.90 bits per heavy atom. The van der Waals surface area contributed by atoms with Crippen molar-refractivity contribution >= 4 is 23.5 Å². The summed E-state index contributed by atoms with van der Waals surface area (Å²) in [6.45, 7) is 0.0406. The van der Waals surface area contributed by atoms with Gasteiger partial charge >= 0.3 is 5.97 Å². The number of carbonyl (C=O) groups is 2. The van der Waals surface area contributed by atoms with E-state index in [9.17, 15) is 9.59 Å². The van der Waals surface area contributed by atoms with Gasteiger partial charge in [-0.05, 0) is 40.1 Å². The van der Waals surface area contributed by atoms with Crippen molar-refractivity contribution < 1.29 is 14.3 Å². The topological polar surface area (TPSA) is 99.0 Å². The maximum atomic E-state index is 12.5. The Kier molecular flexibility index (Phi) is 7.29. The minimum absolute atomic E-state index is 0.348. The van der Waals surface area contributed by atoms with Crippen molar-refractivity contribution in [2.75, 3.05) is 13.2 Å². The number of tetrazole rings is 1. The van der Waals surface area contributed by atoms with E-state index in [1.165, 1.54) is 11.0 Å². The Labute approximate surface area is 172 Å². The zero-order valence-electron chi connectivity index (χ0n) is 15.6. The number of benzene rings is 2. The SMILES string of the molecule is O=C(COC(=O)[C@H](Cc1ccccc1)n1cnnn1)NCCc1cccc(Cl)c1. The second-order valence-corrected chi connectivity index (χ2v) is 6.77. The number of nitrogens with one attached hydrogen (secondary N) is 1. The van der Waals surface area contributed by atoms with Gasteiger partial charge in [0.2, 0.25) is 0 Å². The summed E-state index contributed by atoms with van der Waals surface area (Å²) in [4.78, 5) is 24.6. The van der Waals surface area contributed by atoms with E-state index in [1.54, 1.807) is 6.07 Å². The average Bonchev–Trinajstić information content (AvgIpc) is 3.25. The molecule has 0 unspecified atom stereocenters. The van der Waals surface area contributed by atoms with Gasteiger partial charge in [-0.25, -0.2) is 9.48 Å². The molecule has 8 nitrogen and oxygen atoms in total. The van der Waals surface area contributed by atoms with Gasteiger partial charge in [-0.2, -0.15) is 0 Å². The Balaban J connectivity index is 1.49. The highest BCUT2D eigenvalue weighted by Crippen LogP contribution is 2.15. The number of halogens is 1. The monoisotopic (exact) mass is 413 g/mol. The number of nitrogens with zero attached hydrogens (tertiary/aromatic N) is 4. The molecule has 2 aromatic carbocycles. The van der Waals surface area contributed by atoms with Crippen molar-refractivity contribution in [2.45, 2.75) is 18.9 Å². The summed E-state index contributed by atoms with van der Waals surface area (Å²) in [6, 6.07) is 16.1. The van der Waals surface area contributed by atoms with E-state index in [4.69, 9.17) is 16.3 Å². The lowest BCUT2D eigenvalue weighted by Crippen LogP contribution is -2.33. The van der Waals surface area contributed by atoms with Crippen LogP contribution in [0.15, 0.2) is 60.9 Å². The molecule has 0 spiro atoms. The molecule has 0 bridgehead atoms. The number of rotatable bonds is 9. The second-order valence-electron chi connectivity index (χ2n) is 6.33. The van der Waals surface area contributed by atoms with E-state index in [-0.39, 0.29) is 12.5 Å². The molecule has 0 fully saturated rings. The first kappa shape index (κ1) is 20.5. The van der Waals surface area contributed by atoms with Crippen LogP contribution in [0.3, 0.4) is 0 Å². The molecule has 1 amide bonds. The summed E-state index contributed by atoms with van der Waals surface area (Å²) < 4.78 is 6.52. The summed E-state index contributed by atoms with van der Waals surface area (Å²) in [6.07, 6.45) is 2.32. The molecule has 150 valence electrons. The van der Waals surface area contributed by atoms with Gasteiger partial charge in [0, 0.05) is 18.0 Å². The molecule has 1 atom stereocenters. The number of hydrogen-bond donors (Lipinski definition) is 1. The summed E-state index contributed by atoms with van der Waals surface area (Å²) in [5.41, 5.74) is 1.94. The van der Waals surface area contributed by atoms with E-state index in [2.05, 4.69) is 20.8 Å². The average molecular weight is 414 g/mol. The fraction of sp³-hybridized carbons (Fsp3) is 0.250. The van der Waals surface area contributed by atoms with Crippen LogP contribution < -0.4 is 5.32 Å². The number of aromatic nitrogens is 4. The van der Waals surface area contributed by atoms with Crippen LogP contribution in [0.2, 0.25) is 5.02 Å². The summed E-state index contributed by atoms with van der Waals surface area (Å²) in [5, 5.41) is 14.3. The molecule has 0 aliphatic heterocycles. The van der Waals surface area contributed by atoms with Gasteiger partial charge in [0.05, 0.1) is 0 Å². The Morgan fingerprint density at radius 3 is 2.62 bits per heavy atom. The predicted octanol–water partition coefficient (Wildman–Crippen LogP) is 2.01. The van der Waals surface area contributed by atoms with E-state index in [1.807, 2.05) is 48.5 Å². The van der Waals surface area contributed by atoms with Crippen LogP contribution in [0.5, 0.6) is 0 Å². The lowest BCUT2D eigenvalue weighted by Gasteiger charge is -2.15. The fourth-order valence-corrected chi connectivity index (χ4v) is 2.97. The molecule has 0 saturated heterocycles.